The largest absolute Gasteiger partial charge is 0.449 e. The van der Waals surface area contributed by atoms with Gasteiger partial charge in [-0.05, 0) is 38.9 Å². The molecular formula is C14H21N3O4. The number of carbonyl (C=O) groups excluding carboxylic acids is 3. The van der Waals surface area contributed by atoms with Crippen molar-refractivity contribution >= 4 is 17.9 Å². The average Bonchev–Trinajstić information content (AvgIpc) is 2.78. The van der Waals surface area contributed by atoms with E-state index < -0.39 is 6.09 Å². The second-order valence-corrected chi connectivity index (χ2v) is 5.43. The van der Waals surface area contributed by atoms with Gasteiger partial charge in [-0.15, -0.1) is 0 Å². The van der Waals surface area contributed by atoms with Gasteiger partial charge in [-0.1, -0.05) is 0 Å². The van der Waals surface area contributed by atoms with Gasteiger partial charge in [-0.3, -0.25) is 14.5 Å². The predicted octanol–water partition coefficient (Wildman–Crippen LogP) is -0.0206. The van der Waals surface area contributed by atoms with Gasteiger partial charge in [-0.2, -0.15) is 0 Å². The van der Waals surface area contributed by atoms with Crippen molar-refractivity contribution in [1.29, 1.82) is 0 Å². The van der Waals surface area contributed by atoms with Crippen molar-refractivity contribution in [3.63, 3.8) is 0 Å². The highest BCUT2D eigenvalue weighted by Crippen LogP contribution is 2.15. The lowest BCUT2D eigenvalue weighted by Gasteiger charge is -2.28. The Hall–Kier alpha value is -1.89. The number of hydrogen-bond acceptors (Lipinski definition) is 5. The molecule has 0 unspecified atom stereocenters. The molecule has 0 aromatic rings. The van der Waals surface area contributed by atoms with E-state index in [4.69, 9.17) is 4.74 Å². The van der Waals surface area contributed by atoms with Gasteiger partial charge in [0.25, 0.3) is 11.8 Å². The molecule has 1 fully saturated rings. The fraction of sp³-hybridized carbons (Fsp3) is 0.643. The lowest BCUT2D eigenvalue weighted by molar-refractivity contribution is -0.136. The minimum Gasteiger partial charge on any atom is -0.449 e. The van der Waals surface area contributed by atoms with Crippen LogP contribution in [0, 0.1) is 5.92 Å². The summed E-state index contributed by atoms with van der Waals surface area (Å²) in [4.78, 5) is 37.5. The molecule has 0 aliphatic carbocycles. The van der Waals surface area contributed by atoms with Crippen LogP contribution in [0.1, 0.15) is 12.8 Å². The molecule has 0 aromatic heterocycles. The number of likely N-dealkylation sites (tertiary alicyclic amines) is 1. The molecule has 0 aromatic carbocycles. The molecule has 2 aliphatic rings. The summed E-state index contributed by atoms with van der Waals surface area (Å²) < 4.78 is 5.16. The Bertz CT molecular complexity index is 424. The highest BCUT2D eigenvalue weighted by molar-refractivity contribution is 6.12. The summed E-state index contributed by atoms with van der Waals surface area (Å²) in [6, 6.07) is 0. The first-order chi connectivity index (χ1) is 10.1. The number of ether oxygens (including phenoxy) is 1. The first-order valence-corrected chi connectivity index (χ1v) is 7.19. The Balaban J connectivity index is 1.58. The van der Waals surface area contributed by atoms with Gasteiger partial charge in [0.1, 0.15) is 0 Å². The molecule has 0 radical (unpaired) electrons. The highest BCUT2D eigenvalue weighted by atomic mass is 16.5. The molecule has 2 aliphatic heterocycles. The third kappa shape index (κ3) is 4.56. The van der Waals surface area contributed by atoms with E-state index in [2.05, 4.69) is 17.3 Å². The molecular weight excluding hydrogens is 274 g/mol. The van der Waals surface area contributed by atoms with Crippen LogP contribution in [0.2, 0.25) is 0 Å². The molecule has 0 atom stereocenters. The highest BCUT2D eigenvalue weighted by Gasteiger charge is 2.23. The molecule has 3 amide bonds. The van der Waals surface area contributed by atoms with Crippen LogP contribution in [-0.4, -0.2) is 67.5 Å². The van der Waals surface area contributed by atoms with Crippen molar-refractivity contribution in [3.8, 4) is 0 Å². The minimum atomic E-state index is -0.499. The van der Waals surface area contributed by atoms with Gasteiger partial charge >= 0.3 is 6.09 Å². The molecule has 2 heterocycles. The predicted molar refractivity (Wildman–Crippen MR) is 75.4 cm³/mol. The molecule has 7 heteroatoms. The Kier molecular flexibility index (Phi) is 5.32. The fourth-order valence-corrected chi connectivity index (χ4v) is 2.39. The van der Waals surface area contributed by atoms with Crippen LogP contribution in [0.25, 0.3) is 0 Å². The zero-order chi connectivity index (χ0) is 15.2. The number of nitrogens with zero attached hydrogens (tertiary/aromatic N) is 2. The maximum absolute atomic E-state index is 11.5. The smallest absolute Gasteiger partial charge is 0.407 e. The van der Waals surface area contributed by atoms with Gasteiger partial charge in [0.05, 0.1) is 6.61 Å². The second-order valence-electron chi connectivity index (χ2n) is 5.43. The maximum atomic E-state index is 11.5. The number of imide groups is 1. The molecule has 0 spiro atoms. The number of hydrogen-bond donors (Lipinski definition) is 1. The zero-order valence-corrected chi connectivity index (χ0v) is 12.2. The summed E-state index contributed by atoms with van der Waals surface area (Å²) in [5.41, 5.74) is 0. The summed E-state index contributed by atoms with van der Waals surface area (Å²) in [6.45, 7) is 2.84. The first-order valence-electron chi connectivity index (χ1n) is 7.19. The standard InChI is InChI=1S/C14H21N3O4/c1-16-7-4-11(5-8-16)10-21-14(20)15-6-9-17-12(18)2-3-13(17)19/h2-3,11H,4-10H2,1H3,(H,15,20). The maximum Gasteiger partial charge on any atom is 0.407 e. The zero-order valence-electron chi connectivity index (χ0n) is 12.2. The van der Waals surface area contributed by atoms with Crippen LogP contribution in [0.3, 0.4) is 0 Å². The lowest BCUT2D eigenvalue weighted by Crippen LogP contribution is -2.39. The number of amides is 3. The van der Waals surface area contributed by atoms with Crippen LogP contribution < -0.4 is 5.32 Å². The van der Waals surface area contributed by atoms with Crippen molar-refractivity contribution in [2.45, 2.75) is 12.8 Å². The van der Waals surface area contributed by atoms with Crippen LogP contribution in [0.15, 0.2) is 12.2 Å². The van der Waals surface area contributed by atoms with Crippen molar-refractivity contribution in [2.75, 3.05) is 39.8 Å². The van der Waals surface area contributed by atoms with E-state index in [1.165, 1.54) is 12.2 Å². The van der Waals surface area contributed by atoms with Gasteiger partial charge < -0.3 is 15.0 Å². The number of carbonyl (C=O) groups is 3. The lowest BCUT2D eigenvalue weighted by atomic mass is 9.98. The van der Waals surface area contributed by atoms with Gasteiger partial charge in [-0.25, -0.2) is 4.79 Å². The molecule has 0 saturated carbocycles. The molecule has 116 valence electrons. The topological polar surface area (TPSA) is 79.0 Å². The number of piperidine rings is 1. The van der Waals surface area contributed by atoms with E-state index in [9.17, 15) is 14.4 Å². The van der Waals surface area contributed by atoms with Gasteiger partial charge in [0, 0.05) is 25.2 Å². The quantitative estimate of drug-likeness (QED) is 0.721. The van der Waals surface area contributed by atoms with Crippen molar-refractivity contribution in [2.24, 2.45) is 5.92 Å². The molecule has 7 nitrogen and oxygen atoms in total. The summed E-state index contributed by atoms with van der Waals surface area (Å²) in [5, 5.41) is 2.55. The van der Waals surface area contributed by atoms with Crippen LogP contribution in [0.5, 0.6) is 0 Å². The fourth-order valence-electron chi connectivity index (χ4n) is 2.39. The van der Waals surface area contributed by atoms with Gasteiger partial charge in [0.2, 0.25) is 0 Å². The summed E-state index contributed by atoms with van der Waals surface area (Å²) >= 11 is 0. The van der Waals surface area contributed by atoms with E-state index in [-0.39, 0.29) is 24.9 Å². The Morgan fingerprint density at radius 3 is 2.52 bits per heavy atom. The van der Waals surface area contributed by atoms with Crippen LogP contribution in [0.4, 0.5) is 4.79 Å². The Morgan fingerprint density at radius 2 is 1.90 bits per heavy atom. The average molecular weight is 295 g/mol. The van der Waals surface area contributed by atoms with Crippen molar-refractivity contribution in [3.05, 3.63) is 12.2 Å². The SMILES string of the molecule is CN1CCC(COC(=O)NCCN2C(=O)C=CC2=O)CC1. The number of alkyl carbamates (subject to hydrolysis) is 1. The molecule has 1 saturated heterocycles. The first kappa shape index (κ1) is 15.5. The molecule has 21 heavy (non-hydrogen) atoms. The van der Waals surface area contributed by atoms with E-state index in [1.807, 2.05) is 0 Å². The van der Waals surface area contributed by atoms with Crippen LogP contribution in [-0.2, 0) is 14.3 Å². The minimum absolute atomic E-state index is 0.161. The van der Waals surface area contributed by atoms with E-state index in [0.717, 1.165) is 30.8 Å². The Morgan fingerprint density at radius 1 is 1.29 bits per heavy atom. The van der Waals surface area contributed by atoms with Crippen molar-refractivity contribution < 1.29 is 19.1 Å². The third-order valence-electron chi connectivity index (χ3n) is 3.79. The van der Waals surface area contributed by atoms with E-state index >= 15 is 0 Å². The normalized spacial score (nSPS) is 20.1. The van der Waals surface area contributed by atoms with Gasteiger partial charge in [0.15, 0.2) is 0 Å². The summed E-state index contributed by atoms with van der Waals surface area (Å²) in [7, 11) is 2.08. The molecule has 1 N–H and O–H groups in total. The summed E-state index contributed by atoms with van der Waals surface area (Å²) in [6.07, 6.45) is 4.01. The number of rotatable bonds is 5. The molecule has 0 bridgehead atoms. The van der Waals surface area contributed by atoms with Crippen LogP contribution >= 0.6 is 0 Å². The monoisotopic (exact) mass is 295 g/mol. The van der Waals surface area contributed by atoms with E-state index in [1.54, 1.807) is 0 Å². The van der Waals surface area contributed by atoms with E-state index in [0.29, 0.717) is 12.5 Å². The summed E-state index contributed by atoms with van der Waals surface area (Å²) in [5.74, 6) is -0.277. The Labute approximate surface area is 123 Å². The number of nitrogens with one attached hydrogen (secondary N) is 1. The third-order valence-corrected chi connectivity index (χ3v) is 3.79. The second kappa shape index (κ2) is 7.21. The van der Waals surface area contributed by atoms with Crippen molar-refractivity contribution in [1.82, 2.24) is 15.1 Å². The molecule has 2 rings (SSSR count).